The van der Waals surface area contributed by atoms with Crippen LogP contribution < -0.4 is 4.74 Å². The van der Waals surface area contributed by atoms with Gasteiger partial charge in [0, 0.05) is 36.5 Å². The van der Waals surface area contributed by atoms with Gasteiger partial charge in [0.15, 0.2) is 5.78 Å². The second-order valence-electron chi connectivity index (χ2n) is 8.06. The maximum Gasteiger partial charge on any atom is 0.271 e. The van der Waals surface area contributed by atoms with E-state index in [-0.39, 0.29) is 23.7 Å². The molecule has 2 atom stereocenters. The van der Waals surface area contributed by atoms with Gasteiger partial charge in [-0.05, 0) is 36.6 Å². The number of fused-ring (bicyclic) bond motifs is 4. The van der Waals surface area contributed by atoms with Gasteiger partial charge in [-0.15, -0.1) is 0 Å². The Morgan fingerprint density at radius 1 is 1.00 bits per heavy atom. The van der Waals surface area contributed by atoms with Crippen molar-refractivity contribution in [2.45, 2.75) is 25.4 Å². The van der Waals surface area contributed by atoms with Gasteiger partial charge in [0.2, 0.25) is 0 Å². The number of carbonyl (C=O) groups excluding carboxylic acids is 2. The summed E-state index contributed by atoms with van der Waals surface area (Å²) in [5.74, 6) is 0.576. The first-order valence-electron chi connectivity index (χ1n) is 10.3. The summed E-state index contributed by atoms with van der Waals surface area (Å²) >= 11 is 0. The molecular weight excluding hydrogens is 376 g/mol. The van der Waals surface area contributed by atoms with E-state index in [2.05, 4.69) is 12.2 Å². The van der Waals surface area contributed by atoms with Crippen LogP contribution in [0.3, 0.4) is 0 Å². The molecule has 0 N–H and O–H groups in total. The number of amides is 1. The maximum atomic E-state index is 13.9. The molecule has 1 aromatic heterocycles. The fourth-order valence-electron chi connectivity index (χ4n) is 4.91. The van der Waals surface area contributed by atoms with E-state index in [1.807, 2.05) is 65.0 Å². The van der Waals surface area contributed by atoms with Gasteiger partial charge in [-0.2, -0.15) is 0 Å². The molecule has 5 nitrogen and oxygen atoms in total. The zero-order valence-corrected chi connectivity index (χ0v) is 17.2. The molecule has 0 bridgehead atoms. The largest absolute Gasteiger partial charge is 0.497 e. The fraction of sp³-hybridized carbons (Fsp3) is 0.280. The number of rotatable bonds is 3. The van der Waals surface area contributed by atoms with Crippen molar-refractivity contribution in [3.8, 4) is 5.75 Å². The van der Waals surface area contributed by atoms with Gasteiger partial charge in [0.05, 0.1) is 12.7 Å². The summed E-state index contributed by atoms with van der Waals surface area (Å²) in [4.78, 5) is 29.4. The molecule has 0 saturated heterocycles. The Balaban J connectivity index is 1.66. The monoisotopic (exact) mass is 400 g/mol. The molecule has 30 heavy (non-hydrogen) atoms. The lowest BCUT2D eigenvalue weighted by Crippen LogP contribution is -2.45. The van der Waals surface area contributed by atoms with E-state index < -0.39 is 0 Å². The third kappa shape index (κ3) is 2.76. The SMILES string of the molecule is COc1ccc(CN2C(=O)c3c(c4ccccc4n3C)C(=O)C3CC=CCC32)cc1. The van der Waals surface area contributed by atoms with Gasteiger partial charge >= 0.3 is 0 Å². The Hall–Kier alpha value is -3.34. The van der Waals surface area contributed by atoms with Crippen LogP contribution in [-0.4, -0.2) is 34.3 Å². The zero-order chi connectivity index (χ0) is 20.8. The van der Waals surface area contributed by atoms with Crippen LogP contribution >= 0.6 is 0 Å². The van der Waals surface area contributed by atoms with Gasteiger partial charge in [-0.1, -0.05) is 42.5 Å². The first-order chi connectivity index (χ1) is 14.6. The normalized spacial score (nSPS) is 20.8. The molecule has 2 aliphatic rings. The Morgan fingerprint density at radius 3 is 2.50 bits per heavy atom. The second-order valence-corrected chi connectivity index (χ2v) is 8.06. The first kappa shape index (κ1) is 18.7. The predicted molar refractivity (Wildman–Crippen MR) is 116 cm³/mol. The molecule has 3 aromatic rings. The molecule has 2 aromatic carbocycles. The minimum Gasteiger partial charge on any atom is -0.497 e. The van der Waals surface area contributed by atoms with E-state index in [9.17, 15) is 9.59 Å². The topological polar surface area (TPSA) is 51.5 Å². The van der Waals surface area contributed by atoms with Gasteiger partial charge < -0.3 is 14.2 Å². The number of aromatic nitrogens is 1. The van der Waals surface area contributed by atoms with Crippen molar-refractivity contribution in [2.24, 2.45) is 13.0 Å². The molecule has 1 amide bonds. The number of hydrogen-bond acceptors (Lipinski definition) is 3. The molecular formula is C25H24N2O3. The summed E-state index contributed by atoms with van der Waals surface area (Å²) in [7, 11) is 3.52. The number of benzene rings is 2. The molecule has 1 aliphatic heterocycles. The molecule has 0 radical (unpaired) electrons. The highest BCUT2D eigenvalue weighted by Gasteiger charge is 2.43. The number of Topliss-reactive ketones (excluding diaryl/α,β-unsaturated/α-hetero) is 1. The van der Waals surface area contributed by atoms with Gasteiger partial charge in [-0.25, -0.2) is 0 Å². The van der Waals surface area contributed by atoms with Crippen LogP contribution in [0.2, 0.25) is 0 Å². The van der Waals surface area contributed by atoms with Crippen LogP contribution in [0.25, 0.3) is 10.9 Å². The van der Waals surface area contributed by atoms with Crippen molar-refractivity contribution in [1.82, 2.24) is 9.47 Å². The van der Waals surface area contributed by atoms with Crippen molar-refractivity contribution < 1.29 is 14.3 Å². The zero-order valence-electron chi connectivity index (χ0n) is 17.2. The van der Waals surface area contributed by atoms with Crippen molar-refractivity contribution in [3.63, 3.8) is 0 Å². The second kappa shape index (κ2) is 7.17. The highest BCUT2D eigenvalue weighted by Crippen LogP contribution is 2.38. The Labute approximate surface area is 175 Å². The minimum absolute atomic E-state index is 0.0735. The molecule has 2 heterocycles. The molecule has 5 rings (SSSR count). The van der Waals surface area contributed by atoms with Crippen LogP contribution in [0.4, 0.5) is 0 Å². The molecule has 0 fully saturated rings. The Kier molecular flexibility index (Phi) is 4.46. The lowest BCUT2D eigenvalue weighted by atomic mass is 9.83. The summed E-state index contributed by atoms with van der Waals surface area (Å²) in [6.45, 7) is 0.464. The molecule has 1 aliphatic carbocycles. The summed E-state index contributed by atoms with van der Waals surface area (Å²) in [5, 5.41) is 0.868. The average Bonchev–Trinajstić information content (AvgIpc) is 3.05. The molecule has 0 spiro atoms. The Bertz CT molecular complexity index is 1170. The Morgan fingerprint density at radius 2 is 1.73 bits per heavy atom. The standard InChI is InChI=1S/C25H24N2O3/c1-26-20-9-5-3-7-18(20)22-23(26)25(29)27(15-16-11-13-17(30-2)14-12-16)21-10-6-4-8-19(21)24(22)28/h3-7,9,11-14,19,21H,8,10,15H2,1-2H3. The minimum atomic E-state index is -0.218. The van der Waals surface area contributed by atoms with E-state index in [1.165, 1.54) is 0 Å². The summed E-state index contributed by atoms with van der Waals surface area (Å²) in [5.41, 5.74) is 3.02. The lowest BCUT2D eigenvalue weighted by Gasteiger charge is -2.35. The summed E-state index contributed by atoms with van der Waals surface area (Å²) in [6, 6.07) is 15.4. The number of allylic oxidation sites excluding steroid dienone is 1. The van der Waals surface area contributed by atoms with Crippen LogP contribution in [0, 0.1) is 5.92 Å². The lowest BCUT2D eigenvalue weighted by molar-refractivity contribution is 0.0569. The third-order valence-corrected chi connectivity index (χ3v) is 6.46. The maximum absolute atomic E-state index is 13.9. The van der Waals surface area contributed by atoms with Crippen LogP contribution in [0.5, 0.6) is 5.75 Å². The van der Waals surface area contributed by atoms with Gasteiger partial charge in [-0.3, -0.25) is 9.59 Å². The van der Waals surface area contributed by atoms with Crippen molar-refractivity contribution in [1.29, 1.82) is 0 Å². The number of carbonyl (C=O) groups is 2. The van der Waals surface area contributed by atoms with Gasteiger partial charge in [0.25, 0.3) is 5.91 Å². The average molecular weight is 400 g/mol. The third-order valence-electron chi connectivity index (χ3n) is 6.46. The quantitative estimate of drug-likeness (QED) is 0.614. The van der Waals surface area contributed by atoms with Crippen molar-refractivity contribution >= 4 is 22.6 Å². The van der Waals surface area contributed by atoms with Gasteiger partial charge in [0.1, 0.15) is 11.4 Å². The number of aryl methyl sites for hydroxylation is 1. The molecule has 0 saturated carbocycles. The first-order valence-corrected chi connectivity index (χ1v) is 10.3. The van der Waals surface area contributed by atoms with E-state index in [0.29, 0.717) is 30.6 Å². The van der Waals surface area contributed by atoms with E-state index in [4.69, 9.17) is 4.74 Å². The van der Waals surface area contributed by atoms with E-state index in [1.54, 1.807) is 7.11 Å². The number of methoxy groups -OCH3 is 1. The number of nitrogens with zero attached hydrogens (tertiary/aromatic N) is 2. The summed E-state index contributed by atoms with van der Waals surface area (Å²) in [6.07, 6.45) is 5.53. The summed E-state index contributed by atoms with van der Waals surface area (Å²) < 4.78 is 7.14. The smallest absolute Gasteiger partial charge is 0.271 e. The van der Waals surface area contributed by atoms with Crippen LogP contribution in [-0.2, 0) is 13.6 Å². The number of hydrogen-bond donors (Lipinski definition) is 0. The number of para-hydroxylation sites is 1. The molecule has 5 heteroatoms. The molecule has 152 valence electrons. The van der Waals surface area contributed by atoms with Crippen LogP contribution in [0.15, 0.2) is 60.7 Å². The van der Waals surface area contributed by atoms with E-state index >= 15 is 0 Å². The fourth-order valence-corrected chi connectivity index (χ4v) is 4.91. The van der Waals surface area contributed by atoms with Crippen molar-refractivity contribution in [3.05, 3.63) is 77.5 Å². The highest BCUT2D eigenvalue weighted by molar-refractivity contribution is 6.18. The predicted octanol–water partition coefficient (Wildman–Crippen LogP) is 4.36. The number of ether oxygens (including phenoxy) is 1. The van der Waals surface area contributed by atoms with E-state index in [0.717, 1.165) is 22.2 Å². The highest BCUT2D eigenvalue weighted by atomic mass is 16.5. The van der Waals surface area contributed by atoms with Crippen LogP contribution in [0.1, 0.15) is 39.3 Å². The van der Waals surface area contributed by atoms with Crippen molar-refractivity contribution in [2.75, 3.05) is 7.11 Å². The number of ketones is 1. The molecule has 2 unspecified atom stereocenters.